The van der Waals surface area contributed by atoms with Crippen LogP contribution in [0.3, 0.4) is 0 Å². The summed E-state index contributed by atoms with van der Waals surface area (Å²) in [5.74, 6) is 1.60. The van der Waals surface area contributed by atoms with Gasteiger partial charge >= 0.3 is 0 Å². The van der Waals surface area contributed by atoms with Crippen LogP contribution in [0.5, 0.6) is 5.75 Å². The lowest BCUT2D eigenvalue weighted by Crippen LogP contribution is -2.30. The van der Waals surface area contributed by atoms with E-state index >= 15 is 0 Å². The molecule has 2 rings (SSSR count). The molecule has 0 unspecified atom stereocenters. The Kier molecular flexibility index (Phi) is 8.13. The van der Waals surface area contributed by atoms with Gasteiger partial charge in [-0.3, -0.25) is 0 Å². The van der Waals surface area contributed by atoms with Crippen molar-refractivity contribution in [3.05, 3.63) is 46.7 Å². The average molecular weight is 347 g/mol. The molecule has 1 aromatic heterocycles. The van der Waals surface area contributed by atoms with Crippen LogP contribution in [-0.4, -0.2) is 32.8 Å². The van der Waals surface area contributed by atoms with Crippen LogP contribution < -0.4 is 15.4 Å². The van der Waals surface area contributed by atoms with Crippen LogP contribution in [0.2, 0.25) is 0 Å². The Morgan fingerprint density at radius 3 is 2.88 bits per heavy atom. The van der Waals surface area contributed by atoms with Crippen molar-refractivity contribution in [2.24, 2.45) is 4.99 Å². The Morgan fingerprint density at radius 1 is 1.21 bits per heavy atom. The molecule has 2 aromatic rings. The van der Waals surface area contributed by atoms with Gasteiger partial charge in [0.25, 0.3) is 0 Å². The Balaban J connectivity index is 1.94. The summed E-state index contributed by atoms with van der Waals surface area (Å²) in [6.45, 7) is 4.88. The molecule has 24 heavy (non-hydrogen) atoms. The summed E-state index contributed by atoms with van der Waals surface area (Å²) in [6.07, 6.45) is 0.874. The van der Waals surface area contributed by atoms with Gasteiger partial charge in [-0.25, -0.2) is 4.99 Å². The van der Waals surface area contributed by atoms with Gasteiger partial charge in [-0.15, -0.1) is 11.3 Å². The van der Waals surface area contributed by atoms with Gasteiger partial charge in [0.05, 0.1) is 13.2 Å². The molecule has 0 fully saturated rings. The van der Waals surface area contributed by atoms with Gasteiger partial charge in [0.1, 0.15) is 5.75 Å². The smallest absolute Gasteiger partial charge is 0.196 e. The van der Waals surface area contributed by atoms with Crippen molar-refractivity contribution in [3.8, 4) is 5.75 Å². The first-order valence-corrected chi connectivity index (χ1v) is 8.99. The number of rotatable bonds is 9. The van der Waals surface area contributed by atoms with Crippen LogP contribution in [-0.2, 0) is 11.3 Å². The second kappa shape index (κ2) is 10.7. The maximum Gasteiger partial charge on any atom is 0.196 e. The zero-order chi connectivity index (χ0) is 17.0. The summed E-state index contributed by atoms with van der Waals surface area (Å²) < 4.78 is 10.8. The second-order valence-electron chi connectivity index (χ2n) is 5.12. The third-order valence-corrected chi connectivity index (χ3v) is 4.04. The molecule has 6 heteroatoms. The van der Waals surface area contributed by atoms with Crippen molar-refractivity contribution >= 4 is 23.0 Å². The maximum atomic E-state index is 5.73. The van der Waals surface area contributed by atoms with Crippen LogP contribution in [0.15, 0.2) is 46.8 Å². The molecule has 0 aliphatic rings. The van der Waals surface area contributed by atoms with Gasteiger partial charge in [-0.1, -0.05) is 12.1 Å². The first kappa shape index (κ1) is 18.3. The highest BCUT2D eigenvalue weighted by molar-refractivity contribution is 7.09. The second-order valence-corrected chi connectivity index (χ2v) is 6.15. The standard InChI is InChI=1S/C18H25N3O2S/c1-3-19-18(20-14-17-9-5-12-24-17)21-15-7-4-8-16(13-15)23-11-6-10-22-2/h4-5,7-9,12-13H,3,6,10-11,14H2,1-2H3,(H2,19,20,21). The number of thiophene rings is 1. The highest BCUT2D eigenvalue weighted by Gasteiger charge is 2.02. The fourth-order valence-electron chi connectivity index (χ4n) is 2.06. The van der Waals surface area contributed by atoms with Crippen molar-refractivity contribution in [2.75, 3.05) is 32.2 Å². The first-order valence-electron chi connectivity index (χ1n) is 8.11. The quantitative estimate of drug-likeness (QED) is 0.412. The van der Waals surface area contributed by atoms with E-state index in [1.807, 2.05) is 30.3 Å². The number of nitrogens with zero attached hydrogens (tertiary/aromatic N) is 1. The average Bonchev–Trinajstić information content (AvgIpc) is 3.11. The summed E-state index contributed by atoms with van der Waals surface area (Å²) in [7, 11) is 1.70. The van der Waals surface area contributed by atoms with Gasteiger partial charge in [0, 0.05) is 43.3 Å². The van der Waals surface area contributed by atoms with E-state index in [1.54, 1.807) is 18.4 Å². The highest BCUT2D eigenvalue weighted by Crippen LogP contribution is 2.17. The summed E-state index contributed by atoms with van der Waals surface area (Å²) in [6, 6.07) is 12.0. The van der Waals surface area contributed by atoms with Crippen LogP contribution in [0.25, 0.3) is 0 Å². The fraction of sp³-hybridized carbons (Fsp3) is 0.389. The van der Waals surface area contributed by atoms with E-state index in [0.29, 0.717) is 19.8 Å². The lowest BCUT2D eigenvalue weighted by molar-refractivity contribution is 0.172. The van der Waals surface area contributed by atoms with E-state index in [1.165, 1.54) is 4.88 Å². The number of aliphatic imine (C=N–C) groups is 1. The normalized spacial score (nSPS) is 11.3. The van der Waals surface area contributed by atoms with E-state index in [9.17, 15) is 0 Å². The Labute approximate surface area is 147 Å². The molecule has 0 radical (unpaired) electrons. The van der Waals surface area contributed by atoms with Crippen molar-refractivity contribution in [1.29, 1.82) is 0 Å². The summed E-state index contributed by atoms with van der Waals surface area (Å²) >= 11 is 1.71. The number of guanidine groups is 1. The molecule has 0 aliphatic heterocycles. The number of methoxy groups -OCH3 is 1. The third kappa shape index (κ3) is 6.60. The van der Waals surface area contributed by atoms with Gasteiger partial charge in [0.2, 0.25) is 0 Å². The Bertz CT molecular complexity index is 614. The maximum absolute atomic E-state index is 5.73. The van der Waals surface area contributed by atoms with E-state index in [4.69, 9.17) is 9.47 Å². The molecular formula is C18H25N3O2S. The minimum atomic E-state index is 0.643. The highest BCUT2D eigenvalue weighted by atomic mass is 32.1. The van der Waals surface area contributed by atoms with Gasteiger partial charge in [0.15, 0.2) is 5.96 Å². The summed E-state index contributed by atoms with van der Waals surface area (Å²) in [5.41, 5.74) is 0.949. The number of ether oxygens (including phenoxy) is 2. The molecule has 0 saturated heterocycles. The molecule has 0 aliphatic carbocycles. The van der Waals surface area contributed by atoms with Crippen molar-refractivity contribution in [2.45, 2.75) is 19.9 Å². The molecule has 1 heterocycles. The van der Waals surface area contributed by atoms with E-state index in [0.717, 1.165) is 30.4 Å². The minimum Gasteiger partial charge on any atom is -0.493 e. The van der Waals surface area contributed by atoms with Crippen molar-refractivity contribution in [1.82, 2.24) is 5.32 Å². The van der Waals surface area contributed by atoms with Crippen LogP contribution in [0.1, 0.15) is 18.2 Å². The van der Waals surface area contributed by atoms with Crippen LogP contribution in [0.4, 0.5) is 5.69 Å². The minimum absolute atomic E-state index is 0.643. The summed E-state index contributed by atoms with van der Waals surface area (Å²) in [5, 5.41) is 8.65. The van der Waals surface area contributed by atoms with Gasteiger partial charge in [-0.05, 0) is 30.5 Å². The van der Waals surface area contributed by atoms with Crippen molar-refractivity contribution < 1.29 is 9.47 Å². The lowest BCUT2D eigenvalue weighted by Gasteiger charge is -2.12. The fourth-order valence-corrected chi connectivity index (χ4v) is 2.69. The zero-order valence-corrected chi connectivity index (χ0v) is 15.1. The van der Waals surface area contributed by atoms with Crippen LogP contribution >= 0.6 is 11.3 Å². The largest absolute Gasteiger partial charge is 0.493 e. The van der Waals surface area contributed by atoms with E-state index in [2.05, 4.69) is 34.0 Å². The molecule has 0 amide bonds. The predicted molar refractivity (Wildman–Crippen MR) is 101 cm³/mol. The van der Waals surface area contributed by atoms with E-state index < -0.39 is 0 Å². The first-order chi connectivity index (χ1) is 11.8. The molecule has 1 aromatic carbocycles. The number of hydrogen-bond acceptors (Lipinski definition) is 4. The molecule has 2 N–H and O–H groups in total. The Morgan fingerprint density at radius 2 is 2.12 bits per heavy atom. The molecule has 0 bridgehead atoms. The van der Waals surface area contributed by atoms with Gasteiger partial charge in [-0.2, -0.15) is 0 Å². The summed E-state index contributed by atoms with van der Waals surface area (Å²) in [4.78, 5) is 5.85. The van der Waals surface area contributed by atoms with Gasteiger partial charge < -0.3 is 20.1 Å². The SMILES string of the molecule is CCNC(=NCc1cccs1)Nc1cccc(OCCCOC)c1. The molecule has 5 nitrogen and oxygen atoms in total. The number of hydrogen-bond donors (Lipinski definition) is 2. The lowest BCUT2D eigenvalue weighted by atomic mass is 10.3. The molecule has 0 saturated carbocycles. The third-order valence-electron chi connectivity index (χ3n) is 3.18. The van der Waals surface area contributed by atoms with Crippen molar-refractivity contribution in [3.63, 3.8) is 0 Å². The number of benzene rings is 1. The zero-order valence-electron chi connectivity index (χ0n) is 14.2. The molecule has 130 valence electrons. The molecule has 0 atom stereocenters. The molecular weight excluding hydrogens is 322 g/mol. The topological polar surface area (TPSA) is 54.9 Å². The predicted octanol–water partition coefficient (Wildman–Crippen LogP) is 3.74. The van der Waals surface area contributed by atoms with Crippen LogP contribution in [0, 0.1) is 0 Å². The number of anilines is 1. The number of nitrogens with one attached hydrogen (secondary N) is 2. The molecule has 0 spiro atoms. The van der Waals surface area contributed by atoms with E-state index in [-0.39, 0.29) is 0 Å². The monoisotopic (exact) mass is 347 g/mol. The Hall–Kier alpha value is -2.05.